The van der Waals surface area contributed by atoms with E-state index in [0.29, 0.717) is 25.6 Å². The Bertz CT molecular complexity index is 573. The van der Waals surface area contributed by atoms with Gasteiger partial charge in [0.2, 0.25) is 5.91 Å². The lowest BCUT2D eigenvalue weighted by Crippen LogP contribution is -2.39. The fourth-order valence-corrected chi connectivity index (χ4v) is 2.62. The van der Waals surface area contributed by atoms with Crippen LogP contribution in [0, 0.1) is 5.82 Å². The number of halogens is 1. The van der Waals surface area contributed by atoms with Gasteiger partial charge in [-0.05, 0) is 24.1 Å². The molecule has 1 heterocycles. The van der Waals surface area contributed by atoms with Crippen molar-refractivity contribution in [3.8, 4) is 0 Å². The smallest absolute Gasteiger partial charge is 0.224 e. The summed E-state index contributed by atoms with van der Waals surface area (Å²) < 4.78 is 18.1. The molecule has 144 valence electrons. The van der Waals surface area contributed by atoms with Crippen molar-refractivity contribution in [2.75, 3.05) is 52.5 Å². The van der Waals surface area contributed by atoms with E-state index in [1.54, 1.807) is 12.1 Å². The quantitative estimate of drug-likeness (QED) is 0.328. The molecule has 0 bridgehead atoms. The molecule has 1 aromatic rings. The van der Waals surface area contributed by atoms with Crippen molar-refractivity contribution in [3.05, 3.63) is 35.6 Å². The SMILES string of the molecule is NC(=NCCCN1CCOCC1)NCCNC(=O)Cc1ccc(F)cc1. The number of rotatable bonds is 9. The van der Waals surface area contributed by atoms with E-state index in [-0.39, 0.29) is 18.1 Å². The minimum atomic E-state index is -0.307. The zero-order valence-corrected chi connectivity index (χ0v) is 15.0. The summed E-state index contributed by atoms with van der Waals surface area (Å²) in [6.45, 7) is 6.20. The number of nitrogens with zero attached hydrogens (tertiary/aromatic N) is 2. The van der Waals surface area contributed by atoms with Gasteiger partial charge in [-0.25, -0.2) is 4.39 Å². The number of amides is 1. The summed E-state index contributed by atoms with van der Waals surface area (Å²) in [5, 5.41) is 5.76. The van der Waals surface area contributed by atoms with Crippen molar-refractivity contribution in [2.45, 2.75) is 12.8 Å². The van der Waals surface area contributed by atoms with Crippen molar-refractivity contribution in [2.24, 2.45) is 10.7 Å². The number of carbonyl (C=O) groups is 1. The number of morpholine rings is 1. The number of hydrogen-bond acceptors (Lipinski definition) is 4. The number of benzene rings is 1. The number of ether oxygens (including phenoxy) is 1. The molecule has 0 saturated carbocycles. The molecular weight excluding hydrogens is 337 g/mol. The maximum atomic E-state index is 12.8. The monoisotopic (exact) mass is 365 g/mol. The van der Waals surface area contributed by atoms with Gasteiger partial charge in [-0.1, -0.05) is 12.1 Å². The van der Waals surface area contributed by atoms with Gasteiger partial charge in [-0.15, -0.1) is 0 Å². The zero-order valence-electron chi connectivity index (χ0n) is 15.0. The lowest BCUT2D eigenvalue weighted by Gasteiger charge is -2.26. The molecule has 1 aromatic carbocycles. The van der Waals surface area contributed by atoms with Crippen LogP contribution in [0.3, 0.4) is 0 Å². The van der Waals surface area contributed by atoms with Crippen LogP contribution in [-0.2, 0) is 16.0 Å². The van der Waals surface area contributed by atoms with Crippen LogP contribution < -0.4 is 16.4 Å². The fraction of sp³-hybridized carbons (Fsp3) is 0.556. The van der Waals surface area contributed by atoms with Crippen LogP contribution in [0.25, 0.3) is 0 Å². The van der Waals surface area contributed by atoms with Crippen LogP contribution in [0.15, 0.2) is 29.3 Å². The first kappa shape index (κ1) is 20.1. The van der Waals surface area contributed by atoms with E-state index in [1.165, 1.54) is 12.1 Å². The first-order valence-electron chi connectivity index (χ1n) is 8.98. The normalized spacial score (nSPS) is 15.7. The first-order chi connectivity index (χ1) is 12.6. The fourth-order valence-electron chi connectivity index (χ4n) is 2.62. The molecule has 0 aliphatic carbocycles. The summed E-state index contributed by atoms with van der Waals surface area (Å²) in [7, 11) is 0. The molecule has 26 heavy (non-hydrogen) atoms. The Labute approximate surface area is 153 Å². The van der Waals surface area contributed by atoms with Gasteiger partial charge in [-0.3, -0.25) is 14.7 Å². The lowest BCUT2D eigenvalue weighted by atomic mass is 10.1. The van der Waals surface area contributed by atoms with Crippen molar-refractivity contribution >= 4 is 11.9 Å². The maximum Gasteiger partial charge on any atom is 0.224 e. The van der Waals surface area contributed by atoms with Crippen LogP contribution in [0.2, 0.25) is 0 Å². The Hall–Kier alpha value is -2.19. The summed E-state index contributed by atoms with van der Waals surface area (Å²) in [5.41, 5.74) is 6.58. The number of guanidine groups is 1. The predicted molar refractivity (Wildman–Crippen MR) is 99.5 cm³/mol. The molecule has 1 aliphatic rings. The van der Waals surface area contributed by atoms with E-state index in [4.69, 9.17) is 10.5 Å². The molecule has 1 fully saturated rings. The molecule has 4 N–H and O–H groups in total. The lowest BCUT2D eigenvalue weighted by molar-refractivity contribution is -0.120. The summed E-state index contributed by atoms with van der Waals surface area (Å²) in [5.74, 6) is -0.0303. The number of aliphatic imine (C=N–C) groups is 1. The van der Waals surface area contributed by atoms with Gasteiger partial charge in [0.1, 0.15) is 5.82 Å². The third-order valence-corrected chi connectivity index (χ3v) is 4.05. The van der Waals surface area contributed by atoms with Gasteiger partial charge in [-0.2, -0.15) is 0 Å². The van der Waals surface area contributed by atoms with E-state index in [1.807, 2.05) is 0 Å². The Morgan fingerprint density at radius 3 is 2.62 bits per heavy atom. The third kappa shape index (κ3) is 8.26. The van der Waals surface area contributed by atoms with Crippen LogP contribution in [0.4, 0.5) is 4.39 Å². The topological polar surface area (TPSA) is 92.0 Å². The van der Waals surface area contributed by atoms with Crippen molar-refractivity contribution < 1.29 is 13.9 Å². The van der Waals surface area contributed by atoms with E-state index in [9.17, 15) is 9.18 Å². The Morgan fingerprint density at radius 1 is 1.19 bits per heavy atom. The minimum absolute atomic E-state index is 0.112. The van der Waals surface area contributed by atoms with Crippen LogP contribution in [0.1, 0.15) is 12.0 Å². The molecular formula is C18H28FN5O2. The molecule has 8 heteroatoms. The van der Waals surface area contributed by atoms with Crippen LogP contribution in [0.5, 0.6) is 0 Å². The van der Waals surface area contributed by atoms with Gasteiger partial charge in [0.15, 0.2) is 5.96 Å². The van der Waals surface area contributed by atoms with E-state index < -0.39 is 0 Å². The zero-order chi connectivity index (χ0) is 18.6. The summed E-state index contributed by atoms with van der Waals surface area (Å²) in [4.78, 5) is 18.4. The highest BCUT2D eigenvalue weighted by Crippen LogP contribution is 2.03. The number of carbonyl (C=O) groups excluding carboxylic acids is 1. The van der Waals surface area contributed by atoms with E-state index in [2.05, 4.69) is 20.5 Å². The van der Waals surface area contributed by atoms with Gasteiger partial charge in [0.25, 0.3) is 0 Å². The van der Waals surface area contributed by atoms with E-state index >= 15 is 0 Å². The third-order valence-electron chi connectivity index (χ3n) is 4.05. The maximum absolute atomic E-state index is 12.8. The Morgan fingerprint density at radius 2 is 1.88 bits per heavy atom. The highest BCUT2D eigenvalue weighted by atomic mass is 19.1. The molecule has 1 amide bonds. The summed E-state index contributed by atoms with van der Waals surface area (Å²) in [6, 6.07) is 5.91. The average molecular weight is 365 g/mol. The number of nitrogens with two attached hydrogens (primary N) is 1. The molecule has 0 unspecified atom stereocenters. The second-order valence-electron chi connectivity index (χ2n) is 6.15. The predicted octanol–water partition coefficient (Wildman–Crippen LogP) is 0.111. The molecule has 7 nitrogen and oxygen atoms in total. The highest BCUT2D eigenvalue weighted by Gasteiger charge is 2.08. The summed E-state index contributed by atoms with van der Waals surface area (Å²) >= 11 is 0. The molecule has 0 spiro atoms. The minimum Gasteiger partial charge on any atom is -0.379 e. The van der Waals surface area contributed by atoms with Gasteiger partial charge < -0.3 is 21.1 Å². The Balaban J connectivity index is 1.51. The van der Waals surface area contributed by atoms with Gasteiger partial charge in [0.05, 0.1) is 19.6 Å². The molecule has 0 aromatic heterocycles. The van der Waals surface area contributed by atoms with E-state index in [0.717, 1.165) is 44.8 Å². The second kappa shape index (κ2) is 11.4. The van der Waals surface area contributed by atoms with Crippen LogP contribution >= 0.6 is 0 Å². The van der Waals surface area contributed by atoms with Crippen molar-refractivity contribution in [1.82, 2.24) is 15.5 Å². The molecule has 2 rings (SSSR count). The van der Waals surface area contributed by atoms with Gasteiger partial charge in [0, 0.05) is 39.3 Å². The second-order valence-corrected chi connectivity index (χ2v) is 6.15. The highest BCUT2D eigenvalue weighted by molar-refractivity contribution is 5.79. The van der Waals surface area contributed by atoms with Gasteiger partial charge >= 0.3 is 0 Å². The first-order valence-corrected chi connectivity index (χ1v) is 8.98. The van der Waals surface area contributed by atoms with Crippen LogP contribution in [-0.4, -0.2) is 69.2 Å². The molecule has 0 radical (unpaired) electrons. The summed E-state index contributed by atoms with van der Waals surface area (Å²) in [6.07, 6.45) is 1.18. The molecule has 1 aliphatic heterocycles. The number of nitrogens with one attached hydrogen (secondary N) is 2. The molecule has 1 saturated heterocycles. The largest absolute Gasteiger partial charge is 0.379 e. The average Bonchev–Trinajstić information content (AvgIpc) is 2.65. The molecule has 0 atom stereocenters. The Kier molecular flexibility index (Phi) is 8.85. The number of hydrogen-bond donors (Lipinski definition) is 3. The van der Waals surface area contributed by atoms with Crippen molar-refractivity contribution in [3.63, 3.8) is 0 Å². The standard InChI is InChI=1S/C18H28FN5O2/c19-16-4-2-15(3-5-16)14-17(25)21-7-8-23-18(20)22-6-1-9-24-10-12-26-13-11-24/h2-5H,1,6-14H2,(H,21,25)(H3,20,22,23). The van der Waals surface area contributed by atoms with Crippen molar-refractivity contribution in [1.29, 1.82) is 0 Å².